The number of benzene rings is 1. The molecule has 3 heterocycles. The number of rotatable bonds is 8. The van der Waals surface area contributed by atoms with Crippen molar-refractivity contribution in [1.82, 2.24) is 19.5 Å². The third-order valence-electron chi connectivity index (χ3n) is 5.15. The summed E-state index contributed by atoms with van der Waals surface area (Å²) in [5.41, 5.74) is 1.59. The van der Waals surface area contributed by atoms with Crippen molar-refractivity contribution < 1.29 is 13.9 Å². The maximum Gasteiger partial charge on any atom is 0.242 e. The van der Waals surface area contributed by atoms with Crippen LogP contribution >= 0.6 is 11.3 Å². The molecule has 0 unspecified atom stereocenters. The zero-order chi connectivity index (χ0) is 24.5. The van der Waals surface area contributed by atoms with E-state index in [1.807, 2.05) is 52.9 Å². The van der Waals surface area contributed by atoms with Crippen molar-refractivity contribution in [2.24, 2.45) is 0 Å². The number of methoxy groups -OCH3 is 1. The van der Waals surface area contributed by atoms with Gasteiger partial charge in [0.1, 0.15) is 17.2 Å². The summed E-state index contributed by atoms with van der Waals surface area (Å²) in [6.45, 7) is 6.90. The lowest BCUT2D eigenvalue weighted by molar-refractivity contribution is -0.129. The van der Waals surface area contributed by atoms with E-state index in [0.29, 0.717) is 11.7 Å². The Hall–Kier alpha value is -3.53. The second-order valence-corrected chi connectivity index (χ2v) is 10.1. The highest BCUT2D eigenvalue weighted by molar-refractivity contribution is 7.20. The second kappa shape index (κ2) is 9.38. The van der Waals surface area contributed by atoms with Crippen LogP contribution in [0.15, 0.2) is 47.1 Å². The van der Waals surface area contributed by atoms with Gasteiger partial charge < -0.3 is 24.3 Å². The van der Waals surface area contributed by atoms with E-state index < -0.39 is 0 Å². The summed E-state index contributed by atoms with van der Waals surface area (Å²) in [5, 5.41) is 9.04. The number of hydrogen-bond donors (Lipinski definition) is 1. The van der Waals surface area contributed by atoms with Crippen molar-refractivity contribution in [3.8, 4) is 17.0 Å². The number of likely N-dealkylation sites (N-methyl/N-ethyl adjacent to an activating group) is 2. The number of fused-ring (bicyclic) bond motifs is 1. The van der Waals surface area contributed by atoms with E-state index in [2.05, 4.69) is 26.1 Å². The zero-order valence-corrected chi connectivity index (χ0v) is 21.1. The van der Waals surface area contributed by atoms with Crippen LogP contribution in [0.5, 0.6) is 5.75 Å². The van der Waals surface area contributed by atoms with Gasteiger partial charge in [0.15, 0.2) is 5.82 Å². The average molecular weight is 483 g/mol. The summed E-state index contributed by atoms with van der Waals surface area (Å²) >= 11 is 1.44. The summed E-state index contributed by atoms with van der Waals surface area (Å²) in [6, 6.07) is 11.5. The predicted octanol–water partition coefficient (Wildman–Crippen LogP) is 4.36. The van der Waals surface area contributed by atoms with Gasteiger partial charge in [-0.1, -0.05) is 11.3 Å². The minimum atomic E-state index is -0.197. The van der Waals surface area contributed by atoms with Gasteiger partial charge in [-0.15, -0.1) is 5.10 Å². The smallest absolute Gasteiger partial charge is 0.242 e. The second-order valence-electron chi connectivity index (χ2n) is 9.18. The first kappa shape index (κ1) is 23.6. The van der Waals surface area contributed by atoms with E-state index in [-0.39, 0.29) is 18.0 Å². The molecule has 1 N–H and O–H groups in total. The Kier molecular flexibility index (Phi) is 6.52. The number of carbonyl (C=O) groups excluding carboxylic acids is 1. The Bertz CT molecular complexity index is 1250. The fourth-order valence-corrected chi connectivity index (χ4v) is 4.29. The van der Waals surface area contributed by atoms with E-state index in [1.54, 1.807) is 25.3 Å². The molecule has 0 atom stereocenters. The van der Waals surface area contributed by atoms with Crippen molar-refractivity contribution in [2.75, 3.05) is 38.0 Å². The lowest BCUT2D eigenvalue weighted by Gasteiger charge is -2.22. The number of nitrogens with one attached hydrogen (secondary N) is 1. The normalized spacial score (nSPS) is 11.6. The Morgan fingerprint density at radius 1 is 1.21 bits per heavy atom. The topological polar surface area (TPSA) is 88.1 Å². The molecule has 180 valence electrons. The lowest BCUT2D eigenvalue weighted by Crippen LogP contribution is -2.36. The molecule has 0 radical (unpaired) electrons. The van der Waals surface area contributed by atoms with E-state index in [4.69, 9.17) is 19.2 Å². The molecule has 0 aliphatic heterocycles. The fourth-order valence-electron chi connectivity index (χ4n) is 3.43. The third-order valence-corrected chi connectivity index (χ3v) is 6.17. The molecule has 0 saturated heterocycles. The molecule has 9 nitrogen and oxygen atoms in total. The van der Waals surface area contributed by atoms with Gasteiger partial charge >= 0.3 is 0 Å². The predicted molar refractivity (Wildman–Crippen MR) is 135 cm³/mol. The summed E-state index contributed by atoms with van der Waals surface area (Å²) in [4.78, 5) is 21.8. The van der Waals surface area contributed by atoms with Crippen LogP contribution in [-0.2, 0) is 11.3 Å². The van der Waals surface area contributed by atoms with Crippen molar-refractivity contribution in [3.63, 3.8) is 0 Å². The SMILES string of the molecule is COc1ccc(-c2nc3sc(N(C)CC(=O)N(C)Cc4ccco4)nn3c2NC(C)(C)C)cc1. The van der Waals surface area contributed by atoms with Crippen LogP contribution in [0.1, 0.15) is 26.5 Å². The molecule has 34 heavy (non-hydrogen) atoms. The van der Waals surface area contributed by atoms with Crippen LogP contribution in [-0.4, -0.2) is 58.7 Å². The van der Waals surface area contributed by atoms with Crippen molar-refractivity contribution in [2.45, 2.75) is 32.9 Å². The highest BCUT2D eigenvalue weighted by Gasteiger charge is 2.24. The fraction of sp³-hybridized carbons (Fsp3) is 0.375. The Labute approximate surface area is 203 Å². The van der Waals surface area contributed by atoms with E-state index >= 15 is 0 Å². The first-order valence-electron chi connectivity index (χ1n) is 10.9. The molecular weight excluding hydrogens is 452 g/mol. The van der Waals surface area contributed by atoms with Gasteiger partial charge in [0.25, 0.3) is 0 Å². The number of imidazole rings is 1. The Morgan fingerprint density at radius 3 is 2.56 bits per heavy atom. The molecule has 1 amide bonds. The molecular formula is C24H30N6O3S. The number of nitrogens with zero attached hydrogens (tertiary/aromatic N) is 5. The van der Waals surface area contributed by atoms with Crippen molar-refractivity contribution >= 4 is 33.2 Å². The number of ether oxygens (including phenoxy) is 1. The zero-order valence-electron chi connectivity index (χ0n) is 20.3. The van der Waals surface area contributed by atoms with Crippen LogP contribution in [0.25, 0.3) is 16.2 Å². The molecule has 10 heteroatoms. The quantitative estimate of drug-likeness (QED) is 0.399. The van der Waals surface area contributed by atoms with Crippen LogP contribution in [0.3, 0.4) is 0 Å². The number of carbonyl (C=O) groups is 1. The highest BCUT2D eigenvalue weighted by atomic mass is 32.1. The molecule has 4 aromatic rings. The van der Waals surface area contributed by atoms with Crippen LogP contribution in [0, 0.1) is 0 Å². The molecule has 0 aliphatic rings. The molecule has 0 fully saturated rings. The first-order valence-corrected chi connectivity index (χ1v) is 11.8. The summed E-state index contributed by atoms with van der Waals surface area (Å²) in [7, 11) is 5.27. The van der Waals surface area contributed by atoms with E-state index in [0.717, 1.165) is 33.5 Å². The first-order chi connectivity index (χ1) is 16.1. The molecule has 0 bridgehead atoms. The van der Waals surface area contributed by atoms with Crippen molar-refractivity contribution in [1.29, 1.82) is 0 Å². The highest BCUT2D eigenvalue weighted by Crippen LogP contribution is 2.35. The number of furan rings is 1. The standard InChI is InChI=1S/C24H30N6O3S/c1-24(2,3)26-21-20(16-9-11-17(32-6)12-10-16)25-22-30(21)27-23(34-22)29(5)15-19(31)28(4)14-18-8-7-13-33-18/h7-13,26H,14-15H2,1-6H3. The Balaban J connectivity index is 1.59. The number of amides is 1. The minimum absolute atomic E-state index is 0.0290. The summed E-state index contributed by atoms with van der Waals surface area (Å²) < 4.78 is 12.4. The largest absolute Gasteiger partial charge is 0.497 e. The van der Waals surface area contributed by atoms with E-state index in [9.17, 15) is 4.79 Å². The molecule has 0 aliphatic carbocycles. The van der Waals surface area contributed by atoms with Crippen molar-refractivity contribution in [3.05, 3.63) is 48.4 Å². The van der Waals surface area contributed by atoms with Gasteiger partial charge in [-0.2, -0.15) is 4.52 Å². The van der Waals surface area contributed by atoms with Gasteiger partial charge in [0.05, 0.1) is 26.5 Å². The van der Waals surface area contributed by atoms with Gasteiger partial charge in [-0.25, -0.2) is 4.98 Å². The van der Waals surface area contributed by atoms with Gasteiger partial charge in [-0.05, 0) is 57.2 Å². The van der Waals surface area contributed by atoms with Gasteiger partial charge in [-0.3, -0.25) is 4.79 Å². The molecule has 0 spiro atoms. The lowest BCUT2D eigenvalue weighted by atomic mass is 10.1. The maximum absolute atomic E-state index is 12.7. The van der Waals surface area contributed by atoms with E-state index in [1.165, 1.54) is 11.3 Å². The van der Waals surface area contributed by atoms with Gasteiger partial charge in [0.2, 0.25) is 16.0 Å². The van der Waals surface area contributed by atoms with Crippen LogP contribution in [0.2, 0.25) is 0 Å². The number of anilines is 2. The number of aromatic nitrogens is 3. The van der Waals surface area contributed by atoms with Crippen LogP contribution < -0.4 is 15.0 Å². The summed E-state index contributed by atoms with van der Waals surface area (Å²) in [5.74, 6) is 2.32. The van der Waals surface area contributed by atoms with Crippen LogP contribution in [0.4, 0.5) is 10.9 Å². The molecule has 4 rings (SSSR count). The monoisotopic (exact) mass is 482 g/mol. The molecule has 1 aromatic carbocycles. The molecule has 3 aromatic heterocycles. The summed E-state index contributed by atoms with van der Waals surface area (Å²) in [6.07, 6.45) is 1.61. The average Bonchev–Trinajstić information content (AvgIpc) is 3.51. The number of hydrogen-bond acceptors (Lipinski definition) is 8. The van der Waals surface area contributed by atoms with Gasteiger partial charge in [0, 0.05) is 25.2 Å². The minimum Gasteiger partial charge on any atom is -0.497 e. The Morgan fingerprint density at radius 2 is 1.94 bits per heavy atom. The third kappa shape index (κ3) is 5.17. The maximum atomic E-state index is 12.7. The molecule has 0 saturated carbocycles.